The average Bonchev–Trinajstić information content (AvgIpc) is 2.85. The third-order valence-corrected chi connectivity index (χ3v) is 7.00. The van der Waals surface area contributed by atoms with E-state index in [2.05, 4.69) is 29.0 Å². The van der Waals surface area contributed by atoms with Crippen molar-refractivity contribution < 1.29 is 27.4 Å². The van der Waals surface area contributed by atoms with Gasteiger partial charge in [-0.15, -0.1) is 13.2 Å². The number of hydrogen-bond acceptors (Lipinski definition) is 3. The number of ether oxygens (including phenoxy) is 3. The van der Waals surface area contributed by atoms with Crippen LogP contribution < -0.4 is 14.2 Å². The van der Waals surface area contributed by atoms with Crippen molar-refractivity contribution in [3.8, 4) is 17.2 Å². The van der Waals surface area contributed by atoms with Crippen molar-refractivity contribution in [3.63, 3.8) is 0 Å². The normalized spacial score (nSPS) is 15.7. The van der Waals surface area contributed by atoms with E-state index < -0.39 is 6.36 Å². The lowest BCUT2D eigenvalue weighted by Gasteiger charge is -2.27. The van der Waals surface area contributed by atoms with E-state index in [9.17, 15) is 13.2 Å². The Hall–Kier alpha value is -3.41. The second kappa shape index (κ2) is 9.33. The second-order valence-corrected chi connectivity index (χ2v) is 9.01. The summed E-state index contributed by atoms with van der Waals surface area (Å²) in [5, 5.41) is 4.45. The van der Waals surface area contributed by atoms with Crippen molar-refractivity contribution in [1.29, 1.82) is 0 Å². The molecule has 3 nitrogen and oxygen atoms in total. The van der Waals surface area contributed by atoms with Crippen LogP contribution in [0.4, 0.5) is 13.2 Å². The highest BCUT2D eigenvalue weighted by Crippen LogP contribution is 2.44. The lowest BCUT2D eigenvalue weighted by molar-refractivity contribution is -0.274. The molecule has 1 atom stereocenters. The fourth-order valence-corrected chi connectivity index (χ4v) is 5.51. The van der Waals surface area contributed by atoms with E-state index in [1.807, 2.05) is 18.2 Å². The fraction of sp³-hybridized carbons (Fsp3) is 0.310. The van der Waals surface area contributed by atoms with E-state index in [-0.39, 0.29) is 5.75 Å². The van der Waals surface area contributed by atoms with Gasteiger partial charge in [0.15, 0.2) is 0 Å². The molecule has 6 heteroatoms. The first-order chi connectivity index (χ1) is 16.9. The van der Waals surface area contributed by atoms with Crippen LogP contribution in [0.1, 0.15) is 41.9 Å². The molecule has 182 valence electrons. The van der Waals surface area contributed by atoms with Crippen LogP contribution in [0.15, 0.2) is 60.7 Å². The quantitative estimate of drug-likeness (QED) is 0.262. The van der Waals surface area contributed by atoms with Gasteiger partial charge < -0.3 is 14.2 Å². The zero-order valence-corrected chi connectivity index (χ0v) is 19.7. The van der Waals surface area contributed by atoms with Crippen LogP contribution in [0, 0.1) is 0 Å². The van der Waals surface area contributed by atoms with Crippen molar-refractivity contribution in [3.05, 3.63) is 77.4 Å². The van der Waals surface area contributed by atoms with Gasteiger partial charge >= 0.3 is 6.36 Å². The van der Waals surface area contributed by atoms with E-state index in [0.717, 1.165) is 53.5 Å². The SMILES string of the molecule is COc1cccc2c1c(OC)cc1c3c(ccc12)[C@H](CCc1cccc(OC(F)(F)F)c1)CCC3. The Balaban J connectivity index is 1.48. The summed E-state index contributed by atoms with van der Waals surface area (Å²) < 4.78 is 53.3. The molecule has 0 unspecified atom stereocenters. The molecule has 0 N–H and O–H groups in total. The number of hydrogen-bond donors (Lipinski definition) is 0. The van der Waals surface area contributed by atoms with Crippen molar-refractivity contribution in [2.24, 2.45) is 0 Å². The van der Waals surface area contributed by atoms with E-state index in [0.29, 0.717) is 12.3 Å². The summed E-state index contributed by atoms with van der Waals surface area (Å²) in [6.45, 7) is 0. The molecule has 0 aliphatic heterocycles. The highest BCUT2D eigenvalue weighted by molar-refractivity contribution is 6.13. The summed E-state index contributed by atoms with van der Waals surface area (Å²) >= 11 is 0. The molecule has 0 heterocycles. The van der Waals surface area contributed by atoms with Gasteiger partial charge in [-0.1, -0.05) is 36.4 Å². The highest BCUT2D eigenvalue weighted by atomic mass is 19.4. The number of alkyl halides is 3. The third-order valence-electron chi connectivity index (χ3n) is 7.00. The molecule has 0 bridgehead atoms. The second-order valence-electron chi connectivity index (χ2n) is 9.01. The molecule has 0 aromatic heterocycles. The predicted octanol–water partition coefficient (Wildman–Crippen LogP) is 7.96. The molecular weight excluding hydrogens is 453 g/mol. The first kappa shape index (κ1) is 23.3. The average molecular weight is 481 g/mol. The van der Waals surface area contributed by atoms with Crippen LogP contribution in [0.3, 0.4) is 0 Å². The van der Waals surface area contributed by atoms with Gasteiger partial charge in [-0.3, -0.25) is 0 Å². The topological polar surface area (TPSA) is 27.7 Å². The molecule has 5 rings (SSSR count). The molecule has 0 radical (unpaired) electrons. The predicted molar refractivity (Wildman–Crippen MR) is 132 cm³/mol. The minimum atomic E-state index is -4.68. The largest absolute Gasteiger partial charge is 0.573 e. The summed E-state index contributed by atoms with van der Waals surface area (Å²) in [7, 11) is 3.35. The Bertz CT molecular complexity index is 1380. The number of methoxy groups -OCH3 is 2. The monoisotopic (exact) mass is 480 g/mol. The molecular formula is C29H27F3O3. The van der Waals surface area contributed by atoms with Crippen molar-refractivity contribution in [2.45, 2.75) is 44.4 Å². The Morgan fingerprint density at radius 3 is 2.43 bits per heavy atom. The Kier molecular flexibility index (Phi) is 6.22. The molecule has 1 aliphatic rings. The van der Waals surface area contributed by atoms with Crippen molar-refractivity contribution >= 4 is 21.5 Å². The lowest BCUT2D eigenvalue weighted by Crippen LogP contribution is -2.17. The van der Waals surface area contributed by atoms with Gasteiger partial charge in [0.05, 0.1) is 19.6 Å². The number of benzene rings is 4. The number of halogens is 3. The number of rotatable bonds is 6. The van der Waals surface area contributed by atoms with Gasteiger partial charge in [-0.2, -0.15) is 0 Å². The highest BCUT2D eigenvalue weighted by Gasteiger charge is 2.31. The van der Waals surface area contributed by atoms with Crippen LogP contribution in [-0.4, -0.2) is 20.6 Å². The first-order valence-electron chi connectivity index (χ1n) is 11.8. The molecule has 0 amide bonds. The molecule has 4 aromatic rings. The molecule has 0 spiro atoms. The zero-order valence-electron chi connectivity index (χ0n) is 19.7. The summed E-state index contributed by atoms with van der Waals surface area (Å²) in [5.74, 6) is 1.76. The molecule has 1 aliphatic carbocycles. The van der Waals surface area contributed by atoms with Crippen molar-refractivity contribution in [2.75, 3.05) is 14.2 Å². The Labute approximate surface area is 202 Å². The van der Waals surface area contributed by atoms with Crippen LogP contribution in [-0.2, 0) is 12.8 Å². The van der Waals surface area contributed by atoms with Gasteiger partial charge in [-0.05, 0) is 95.1 Å². The number of fused-ring (bicyclic) bond motifs is 5. The van der Waals surface area contributed by atoms with Gasteiger partial charge in [0, 0.05) is 0 Å². The van der Waals surface area contributed by atoms with Gasteiger partial charge in [-0.25, -0.2) is 0 Å². The van der Waals surface area contributed by atoms with Gasteiger partial charge in [0.2, 0.25) is 0 Å². The molecule has 0 saturated carbocycles. The van der Waals surface area contributed by atoms with Crippen LogP contribution >= 0.6 is 0 Å². The van der Waals surface area contributed by atoms with Gasteiger partial charge in [0.25, 0.3) is 0 Å². The van der Waals surface area contributed by atoms with E-state index in [1.165, 1.54) is 34.0 Å². The Morgan fingerprint density at radius 1 is 0.857 bits per heavy atom. The first-order valence-corrected chi connectivity index (χ1v) is 11.8. The molecule has 0 fully saturated rings. The molecule has 4 aromatic carbocycles. The minimum absolute atomic E-state index is 0.167. The minimum Gasteiger partial charge on any atom is -0.496 e. The maximum Gasteiger partial charge on any atom is 0.573 e. The van der Waals surface area contributed by atoms with E-state index >= 15 is 0 Å². The van der Waals surface area contributed by atoms with Crippen LogP contribution in [0.25, 0.3) is 21.5 Å². The standard InChI is InChI=1S/C29H27F3O3/c1-33-26-11-5-10-24-23-15-14-21-19(7-4-9-22(21)25(23)17-27(34-2)28(24)26)13-12-18-6-3-8-20(16-18)35-29(30,31)32/h3,5-6,8,10-11,14-17,19H,4,7,9,12-13H2,1-2H3/t19-/m0/s1. The number of aryl methyl sites for hydroxylation is 2. The summed E-state index contributed by atoms with van der Waals surface area (Å²) in [5.41, 5.74) is 3.52. The summed E-state index contributed by atoms with van der Waals surface area (Å²) in [6.07, 6.45) is 0.0121. The third kappa shape index (κ3) is 4.62. The molecule has 0 saturated heterocycles. The smallest absolute Gasteiger partial charge is 0.496 e. The van der Waals surface area contributed by atoms with Crippen LogP contribution in [0.2, 0.25) is 0 Å². The Morgan fingerprint density at radius 2 is 1.66 bits per heavy atom. The summed E-state index contributed by atoms with van der Waals surface area (Å²) in [4.78, 5) is 0. The van der Waals surface area contributed by atoms with Crippen LogP contribution in [0.5, 0.6) is 17.2 Å². The maximum atomic E-state index is 12.6. The zero-order chi connectivity index (χ0) is 24.6. The lowest BCUT2D eigenvalue weighted by atomic mass is 9.77. The molecule has 35 heavy (non-hydrogen) atoms. The van der Waals surface area contributed by atoms with Crippen molar-refractivity contribution in [1.82, 2.24) is 0 Å². The van der Waals surface area contributed by atoms with E-state index in [1.54, 1.807) is 20.3 Å². The maximum absolute atomic E-state index is 12.6. The summed E-state index contributed by atoms with van der Waals surface area (Å²) in [6, 6.07) is 18.9. The fourth-order valence-electron chi connectivity index (χ4n) is 5.51. The van der Waals surface area contributed by atoms with Gasteiger partial charge in [0.1, 0.15) is 17.2 Å². The van der Waals surface area contributed by atoms with E-state index in [4.69, 9.17) is 9.47 Å².